The number of carbonyl (C=O) groups excluding carboxylic acids is 1. The minimum absolute atomic E-state index is 0.0989. The number of nitrogens with zero attached hydrogens (tertiary/aromatic N) is 1. The van der Waals surface area contributed by atoms with E-state index in [1.807, 2.05) is 25.1 Å². The molecule has 21 heavy (non-hydrogen) atoms. The van der Waals surface area contributed by atoms with Crippen LogP contribution in [-0.2, 0) is 9.53 Å². The Hall–Kier alpha value is -2.47. The van der Waals surface area contributed by atoms with Gasteiger partial charge in [-0.25, -0.2) is 4.79 Å². The van der Waals surface area contributed by atoms with E-state index in [1.54, 1.807) is 12.1 Å². The number of benzene rings is 1. The van der Waals surface area contributed by atoms with Crippen LogP contribution in [0, 0.1) is 6.92 Å². The van der Waals surface area contributed by atoms with Crippen LogP contribution in [0.3, 0.4) is 0 Å². The van der Waals surface area contributed by atoms with Crippen LogP contribution in [0.4, 0.5) is 0 Å². The Labute approximate surface area is 121 Å². The van der Waals surface area contributed by atoms with Gasteiger partial charge in [0.2, 0.25) is 0 Å². The van der Waals surface area contributed by atoms with E-state index in [2.05, 4.69) is 10.3 Å². The van der Waals surface area contributed by atoms with Crippen LogP contribution in [0.15, 0.2) is 30.3 Å². The number of amides is 1. The Morgan fingerprint density at radius 3 is 2.76 bits per heavy atom. The zero-order chi connectivity index (χ0) is 15.4. The summed E-state index contributed by atoms with van der Waals surface area (Å²) in [5.74, 6) is -1.63. The molecule has 1 amide bonds. The van der Waals surface area contributed by atoms with E-state index in [-0.39, 0.29) is 6.61 Å². The summed E-state index contributed by atoms with van der Waals surface area (Å²) in [6, 6.07) is 7.84. The fraction of sp³-hybridized carbons (Fsp3) is 0.267. The fourth-order valence-electron chi connectivity index (χ4n) is 2.01. The van der Waals surface area contributed by atoms with E-state index in [4.69, 9.17) is 9.84 Å². The molecule has 6 heteroatoms. The number of ether oxygens (including phenoxy) is 1. The highest BCUT2D eigenvalue weighted by atomic mass is 16.5. The van der Waals surface area contributed by atoms with E-state index in [0.29, 0.717) is 11.1 Å². The topological polar surface area (TPSA) is 88.5 Å². The first-order valence-corrected chi connectivity index (χ1v) is 6.42. The highest BCUT2D eigenvalue weighted by Gasteiger charge is 2.21. The highest BCUT2D eigenvalue weighted by molar-refractivity contribution is 6.06. The lowest BCUT2D eigenvalue weighted by atomic mass is 10.1. The van der Waals surface area contributed by atoms with Gasteiger partial charge in [-0.3, -0.25) is 9.78 Å². The largest absolute Gasteiger partial charge is 0.480 e. The molecule has 2 aromatic rings. The predicted octanol–water partition coefficient (Wildman–Crippen LogP) is 1.37. The monoisotopic (exact) mass is 288 g/mol. The molecule has 1 atom stereocenters. The van der Waals surface area contributed by atoms with E-state index in [1.165, 1.54) is 7.11 Å². The lowest BCUT2D eigenvalue weighted by molar-refractivity contribution is -0.140. The van der Waals surface area contributed by atoms with E-state index < -0.39 is 17.9 Å². The number of methoxy groups -OCH3 is 1. The SMILES string of the molecule is COCC(NC(=O)c1cccc2ccc(C)nc12)C(=O)O. The summed E-state index contributed by atoms with van der Waals surface area (Å²) < 4.78 is 4.80. The Balaban J connectivity index is 2.35. The van der Waals surface area contributed by atoms with Gasteiger partial charge in [0.1, 0.15) is 0 Å². The lowest BCUT2D eigenvalue weighted by Crippen LogP contribution is -2.43. The van der Waals surface area contributed by atoms with Gasteiger partial charge in [0.25, 0.3) is 5.91 Å². The summed E-state index contributed by atoms with van der Waals surface area (Å²) in [4.78, 5) is 27.7. The first kappa shape index (κ1) is 14.9. The molecule has 6 nitrogen and oxygen atoms in total. The van der Waals surface area contributed by atoms with Crippen LogP contribution in [0.5, 0.6) is 0 Å². The lowest BCUT2D eigenvalue weighted by Gasteiger charge is -2.14. The standard InChI is InChI=1S/C15H16N2O4/c1-9-6-7-10-4-3-5-11(13(10)16-9)14(18)17-12(8-21-2)15(19)20/h3-7,12H,8H2,1-2H3,(H,17,18)(H,19,20). The van der Waals surface area contributed by atoms with Gasteiger partial charge in [0.05, 0.1) is 17.7 Å². The Morgan fingerprint density at radius 2 is 2.10 bits per heavy atom. The molecule has 0 saturated carbocycles. The van der Waals surface area contributed by atoms with Crippen molar-refractivity contribution in [2.45, 2.75) is 13.0 Å². The van der Waals surface area contributed by atoms with Crippen molar-refractivity contribution in [3.05, 3.63) is 41.6 Å². The molecule has 0 aliphatic heterocycles. The zero-order valence-corrected chi connectivity index (χ0v) is 11.8. The molecule has 1 aromatic carbocycles. The number of carboxylic acid groups (broad SMARTS) is 1. The van der Waals surface area contributed by atoms with Gasteiger partial charge in [-0.15, -0.1) is 0 Å². The zero-order valence-electron chi connectivity index (χ0n) is 11.8. The molecule has 2 N–H and O–H groups in total. The van der Waals surface area contributed by atoms with Crippen LogP contribution in [-0.4, -0.2) is 41.7 Å². The number of hydrogen-bond donors (Lipinski definition) is 2. The molecule has 0 saturated heterocycles. The minimum Gasteiger partial charge on any atom is -0.480 e. The second-order valence-electron chi connectivity index (χ2n) is 4.65. The Bertz CT molecular complexity index is 684. The third-order valence-corrected chi connectivity index (χ3v) is 3.04. The average molecular weight is 288 g/mol. The van der Waals surface area contributed by atoms with Crippen LogP contribution >= 0.6 is 0 Å². The maximum atomic E-state index is 12.3. The van der Waals surface area contributed by atoms with Gasteiger partial charge in [0, 0.05) is 18.2 Å². The van der Waals surface area contributed by atoms with Gasteiger partial charge >= 0.3 is 5.97 Å². The number of para-hydroxylation sites is 1. The Kier molecular flexibility index (Phi) is 4.49. The van der Waals surface area contributed by atoms with Crippen LogP contribution in [0.1, 0.15) is 16.1 Å². The van der Waals surface area contributed by atoms with Gasteiger partial charge in [-0.1, -0.05) is 18.2 Å². The fourth-order valence-corrected chi connectivity index (χ4v) is 2.01. The molecule has 0 bridgehead atoms. The summed E-state index contributed by atoms with van der Waals surface area (Å²) in [6.07, 6.45) is 0. The van der Waals surface area contributed by atoms with Crippen molar-refractivity contribution in [3.8, 4) is 0 Å². The van der Waals surface area contributed by atoms with Crippen LogP contribution in [0.25, 0.3) is 10.9 Å². The van der Waals surface area contributed by atoms with Crippen LogP contribution < -0.4 is 5.32 Å². The smallest absolute Gasteiger partial charge is 0.328 e. The van der Waals surface area contributed by atoms with E-state index in [0.717, 1.165) is 11.1 Å². The number of nitrogens with one attached hydrogen (secondary N) is 1. The van der Waals surface area contributed by atoms with Crippen molar-refractivity contribution in [2.75, 3.05) is 13.7 Å². The predicted molar refractivity (Wildman–Crippen MR) is 77.2 cm³/mol. The third kappa shape index (κ3) is 3.35. The average Bonchev–Trinajstić information content (AvgIpc) is 2.45. The summed E-state index contributed by atoms with van der Waals surface area (Å²) in [5.41, 5.74) is 1.68. The summed E-state index contributed by atoms with van der Waals surface area (Å²) in [5, 5.41) is 12.3. The second-order valence-corrected chi connectivity index (χ2v) is 4.65. The van der Waals surface area contributed by atoms with E-state index in [9.17, 15) is 9.59 Å². The molecule has 1 unspecified atom stereocenters. The molecule has 0 spiro atoms. The number of carboxylic acids is 1. The first-order valence-electron chi connectivity index (χ1n) is 6.42. The number of aliphatic carboxylic acids is 1. The van der Waals surface area contributed by atoms with Gasteiger partial charge in [0.15, 0.2) is 6.04 Å². The van der Waals surface area contributed by atoms with Crippen molar-refractivity contribution in [2.24, 2.45) is 0 Å². The van der Waals surface area contributed by atoms with Crippen molar-refractivity contribution >= 4 is 22.8 Å². The number of pyridine rings is 1. The third-order valence-electron chi connectivity index (χ3n) is 3.04. The number of carbonyl (C=O) groups is 2. The van der Waals surface area contributed by atoms with Gasteiger partial charge < -0.3 is 15.2 Å². The molecule has 2 rings (SSSR count). The van der Waals surface area contributed by atoms with Crippen molar-refractivity contribution in [1.29, 1.82) is 0 Å². The molecule has 0 aliphatic rings. The summed E-state index contributed by atoms with van der Waals surface area (Å²) in [7, 11) is 1.38. The van der Waals surface area contributed by atoms with Crippen molar-refractivity contribution in [1.82, 2.24) is 10.3 Å². The summed E-state index contributed by atoms with van der Waals surface area (Å²) in [6.45, 7) is 1.73. The molecule has 110 valence electrons. The van der Waals surface area contributed by atoms with Gasteiger partial charge in [-0.2, -0.15) is 0 Å². The molecule has 1 aromatic heterocycles. The molecular weight excluding hydrogens is 272 g/mol. The van der Waals surface area contributed by atoms with Gasteiger partial charge in [-0.05, 0) is 19.1 Å². The molecule has 0 radical (unpaired) electrons. The van der Waals surface area contributed by atoms with Crippen LogP contribution in [0.2, 0.25) is 0 Å². The maximum Gasteiger partial charge on any atom is 0.328 e. The highest BCUT2D eigenvalue weighted by Crippen LogP contribution is 2.17. The molecule has 1 heterocycles. The number of rotatable bonds is 5. The van der Waals surface area contributed by atoms with E-state index >= 15 is 0 Å². The Morgan fingerprint density at radius 1 is 1.33 bits per heavy atom. The molecular formula is C15H16N2O4. The number of aryl methyl sites for hydroxylation is 1. The first-order chi connectivity index (χ1) is 10.0. The summed E-state index contributed by atoms with van der Waals surface area (Å²) >= 11 is 0. The second kappa shape index (κ2) is 6.32. The van der Waals surface area contributed by atoms with Crippen molar-refractivity contribution < 1.29 is 19.4 Å². The molecule has 0 aliphatic carbocycles. The molecule has 0 fully saturated rings. The number of aromatic nitrogens is 1. The maximum absolute atomic E-state index is 12.3. The normalized spacial score (nSPS) is 12.1. The van der Waals surface area contributed by atoms with Crippen molar-refractivity contribution in [3.63, 3.8) is 0 Å². The number of hydrogen-bond acceptors (Lipinski definition) is 4. The minimum atomic E-state index is -1.14. The number of fused-ring (bicyclic) bond motifs is 1. The quantitative estimate of drug-likeness (QED) is 0.867.